The molecule has 0 spiro atoms. The summed E-state index contributed by atoms with van der Waals surface area (Å²) in [6.07, 6.45) is -4.52. The van der Waals surface area contributed by atoms with Crippen LogP contribution in [0.15, 0.2) is 12.1 Å². The fraction of sp³-hybridized carbons (Fsp3) is 0.333. The van der Waals surface area contributed by atoms with Gasteiger partial charge in [0.2, 0.25) is 0 Å². The lowest BCUT2D eigenvalue weighted by atomic mass is 10.1. The number of alkyl halides is 3. The molecule has 0 aliphatic heterocycles. The fourth-order valence-electron chi connectivity index (χ4n) is 1.20. The van der Waals surface area contributed by atoms with Gasteiger partial charge < -0.3 is 15.2 Å². The van der Waals surface area contributed by atoms with E-state index in [2.05, 4.69) is 4.74 Å². The van der Waals surface area contributed by atoms with Crippen molar-refractivity contribution in [1.82, 2.24) is 0 Å². The molecule has 15 heavy (non-hydrogen) atoms. The Labute approximate surface area is 84.6 Å². The zero-order valence-corrected chi connectivity index (χ0v) is 8.18. The summed E-state index contributed by atoms with van der Waals surface area (Å²) >= 11 is 0. The van der Waals surface area contributed by atoms with Crippen molar-refractivity contribution in [3.05, 3.63) is 17.7 Å². The Balaban J connectivity index is 3.42. The maximum absolute atomic E-state index is 12.5. The van der Waals surface area contributed by atoms with Crippen molar-refractivity contribution in [3.8, 4) is 11.5 Å². The summed E-state index contributed by atoms with van der Waals surface area (Å²) < 4.78 is 47.0. The van der Waals surface area contributed by atoms with Crippen LogP contribution in [0.2, 0.25) is 0 Å². The number of hydrogen-bond acceptors (Lipinski definition) is 3. The number of hydrogen-bond donors (Lipinski definition) is 1. The topological polar surface area (TPSA) is 44.5 Å². The third-order valence-corrected chi connectivity index (χ3v) is 1.81. The lowest BCUT2D eigenvalue weighted by Gasteiger charge is -2.15. The van der Waals surface area contributed by atoms with Crippen LogP contribution in [0, 0.1) is 0 Å². The van der Waals surface area contributed by atoms with Gasteiger partial charge in [-0.25, -0.2) is 0 Å². The second-order valence-corrected chi connectivity index (χ2v) is 2.80. The van der Waals surface area contributed by atoms with Gasteiger partial charge in [-0.15, -0.1) is 0 Å². The SMILES string of the molecule is COc1cc(N)cc(C(F)(F)F)c1OC. The van der Waals surface area contributed by atoms with Crippen molar-refractivity contribution >= 4 is 5.69 Å². The number of anilines is 1. The molecular weight excluding hydrogens is 211 g/mol. The highest BCUT2D eigenvalue weighted by Crippen LogP contribution is 2.42. The van der Waals surface area contributed by atoms with Gasteiger partial charge in [0.25, 0.3) is 0 Å². The second kappa shape index (κ2) is 3.88. The van der Waals surface area contributed by atoms with E-state index in [1.54, 1.807) is 0 Å². The first-order valence-electron chi connectivity index (χ1n) is 3.99. The molecule has 0 unspecified atom stereocenters. The van der Waals surface area contributed by atoms with Gasteiger partial charge in [0.1, 0.15) is 5.56 Å². The zero-order chi connectivity index (χ0) is 11.6. The summed E-state index contributed by atoms with van der Waals surface area (Å²) in [6.45, 7) is 0. The fourth-order valence-corrected chi connectivity index (χ4v) is 1.20. The molecule has 84 valence electrons. The van der Waals surface area contributed by atoms with E-state index in [1.807, 2.05) is 0 Å². The van der Waals surface area contributed by atoms with Crippen molar-refractivity contribution in [3.63, 3.8) is 0 Å². The molecule has 0 fully saturated rings. The lowest BCUT2D eigenvalue weighted by Crippen LogP contribution is -2.09. The van der Waals surface area contributed by atoms with Crippen LogP contribution in [-0.2, 0) is 6.18 Å². The molecule has 0 amide bonds. The molecule has 2 N–H and O–H groups in total. The average molecular weight is 221 g/mol. The smallest absolute Gasteiger partial charge is 0.420 e. The quantitative estimate of drug-likeness (QED) is 0.779. The molecule has 0 atom stereocenters. The summed E-state index contributed by atoms with van der Waals surface area (Å²) in [6, 6.07) is 2.08. The van der Waals surface area contributed by atoms with Gasteiger partial charge in [0.05, 0.1) is 14.2 Å². The first-order valence-corrected chi connectivity index (χ1v) is 3.99. The minimum absolute atomic E-state index is 0.0278. The molecule has 0 saturated carbocycles. The molecule has 1 aromatic rings. The number of methoxy groups -OCH3 is 2. The molecule has 0 radical (unpaired) electrons. The van der Waals surface area contributed by atoms with E-state index in [0.29, 0.717) is 0 Å². The normalized spacial score (nSPS) is 11.3. The predicted octanol–water partition coefficient (Wildman–Crippen LogP) is 2.30. The Morgan fingerprint density at radius 2 is 1.73 bits per heavy atom. The van der Waals surface area contributed by atoms with Crippen LogP contribution in [0.25, 0.3) is 0 Å². The predicted molar refractivity (Wildman–Crippen MR) is 49.0 cm³/mol. The van der Waals surface area contributed by atoms with Gasteiger partial charge in [-0.3, -0.25) is 0 Å². The van der Waals surface area contributed by atoms with E-state index in [1.165, 1.54) is 13.2 Å². The molecule has 1 rings (SSSR count). The van der Waals surface area contributed by atoms with Crippen LogP contribution in [0.1, 0.15) is 5.56 Å². The first-order chi connectivity index (χ1) is 6.90. The van der Waals surface area contributed by atoms with E-state index >= 15 is 0 Å². The monoisotopic (exact) mass is 221 g/mol. The van der Waals surface area contributed by atoms with Gasteiger partial charge in [0, 0.05) is 11.8 Å². The molecule has 0 saturated heterocycles. The summed E-state index contributed by atoms with van der Waals surface area (Å²) in [7, 11) is 2.39. The molecule has 0 heterocycles. The Morgan fingerprint density at radius 1 is 1.13 bits per heavy atom. The molecule has 0 bridgehead atoms. The molecule has 0 aliphatic carbocycles. The van der Waals surface area contributed by atoms with E-state index < -0.39 is 11.7 Å². The van der Waals surface area contributed by atoms with Crippen LogP contribution < -0.4 is 15.2 Å². The van der Waals surface area contributed by atoms with E-state index in [0.717, 1.165) is 13.2 Å². The zero-order valence-electron chi connectivity index (χ0n) is 8.18. The highest BCUT2D eigenvalue weighted by Gasteiger charge is 2.36. The van der Waals surface area contributed by atoms with E-state index in [-0.39, 0.29) is 17.2 Å². The third-order valence-electron chi connectivity index (χ3n) is 1.81. The Bertz CT molecular complexity index is 363. The maximum Gasteiger partial charge on any atom is 0.420 e. The standard InChI is InChI=1S/C9H10F3NO2/c1-14-7-4-5(13)3-6(8(7)15-2)9(10,11)12/h3-4H,13H2,1-2H3. The number of ether oxygens (including phenoxy) is 2. The van der Waals surface area contributed by atoms with Crippen molar-refractivity contribution in [2.45, 2.75) is 6.18 Å². The third kappa shape index (κ3) is 2.26. The van der Waals surface area contributed by atoms with Crippen LogP contribution in [0.5, 0.6) is 11.5 Å². The van der Waals surface area contributed by atoms with Crippen LogP contribution in [-0.4, -0.2) is 14.2 Å². The van der Waals surface area contributed by atoms with Gasteiger partial charge in [0.15, 0.2) is 11.5 Å². The molecular formula is C9H10F3NO2. The van der Waals surface area contributed by atoms with Crippen molar-refractivity contribution in [1.29, 1.82) is 0 Å². The Hall–Kier alpha value is -1.59. The summed E-state index contributed by atoms with van der Waals surface area (Å²) in [4.78, 5) is 0. The van der Waals surface area contributed by atoms with Crippen molar-refractivity contribution in [2.24, 2.45) is 0 Å². The highest BCUT2D eigenvalue weighted by molar-refractivity contribution is 5.58. The van der Waals surface area contributed by atoms with Gasteiger partial charge >= 0.3 is 6.18 Å². The Morgan fingerprint density at radius 3 is 2.13 bits per heavy atom. The van der Waals surface area contributed by atoms with E-state index in [9.17, 15) is 13.2 Å². The molecule has 1 aromatic carbocycles. The van der Waals surface area contributed by atoms with Crippen LogP contribution >= 0.6 is 0 Å². The summed E-state index contributed by atoms with van der Waals surface area (Å²) in [5.41, 5.74) is 4.35. The highest BCUT2D eigenvalue weighted by atomic mass is 19.4. The number of nitrogens with two attached hydrogens (primary N) is 1. The number of rotatable bonds is 2. The lowest BCUT2D eigenvalue weighted by molar-refractivity contribution is -0.138. The molecule has 3 nitrogen and oxygen atoms in total. The maximum atomic E-state index is 12.5. The van der Waals surface area contributed by atoms with Crippen LogP contribution in [0.3, 0.4) is 0 Å². The number of benzene rings is 1. The molecule has 6 heteroatoms. The average Bonchev–Trinajstić information content (AvgIpc) is 2.15. The molecule has 0 aliphatic rings. The largest absolute Gasteiger partial charge is 0.493 e. The molecule has 0 aromatic heterocycles. The minimum atomic E-state index is -4.52. The van der Waals surface area contributed by atoms with Gasteiger partial charge in [-0.2, -0.15) is 13.2 Å². The van der Waals surface area contributed by atoms with E-state index in [4.69, 9.17) is 10.5 Å². The van der Waals surface area contributed by atoms with Crippen LogP contribution in [0.4, 0.5) is 18.9 Å². The number of nitrogen functional groups attached to an aromatic ring is 1. The number of halogens is 3. The van der Waals surface area contributed by atoms with Crippen molar-refractivity contribution < 1.29 is 22.6 Å². The van der Waals surface area contributed by atoms with Gasteiger partial charge in [-0.1, -0.05) is 0 Å². The first kappa shape index (κ1) is 11.5. The van der Waals surface area contributed by atoms with Gasteiger partial charge in [-0.05, 0) is 6.07 Å². The summed E-state index contributed by atoms with van der Waals surface area (Å²) in [5, 5.41) is 0. The second-order valence-electron chi connectivity index (χ2n) is 2.80. The Kier molecular flexibility index (Phi) is 2.97. The van der Waals surface area contributed by atoms with Crippen molar-refractivity contribution in [2.75, 3.05) is 20.0 Å². The minimum Gasteiger partial charge on any atom is -0.493 e. The summed E-state index contributed by atoms with van der Waals surface area (Å²) in [5.74, 6) is -0.399.